The molecule has 4 rings (SSSR count). The molecule has 3 aliphatic heterocycles. The van der Waals surface area contributed by atoms with E-state index >= 15 is 0 Å². The van der Waals surface area contributed by atoms with Crippen molar-refractivity contribution in [1.29, 1.82) is 0 Å². The van der Waals surface area contributed by atoms with Gasteiger partial charge < -0.3 is 24.0 Å². The van der Waals surface area contributed by atoms with Gasteiger partial charge >= 0.3 is 6.03 Å². The summed E-state index contributed by atoms with van der Waals surface area (Å²) < 4.78 is 7.61. The third kappa shape index (κ3) is 3.57. The number of urea groups is 1. The molecule has 150 valence electrons. The predicted octanol–water partition coefficient (Wildman–Crippen LogP) is 1.25. The molecule has 8 heteroatoms. The van der Waals surface area contributed by atoms with Crippen molar-refractivity contribution in [3.63, 3.8) is 0 Å². The van der Waals surface area contributed by atoms with E-state index in [9.17, 15) is 4.79 Å². The van der Waals surface area contributed by atoms with Crippen molar-refractivity contribution in [2.75, 3.05) is 59.5 Å². The number of aryl methyl sites for hydroxylation is 1. The molecule has 2 amide bonds. The van der Waals surface area contributed by atoms with Crippen LogP contribution in [0, 0.1) is 5.41 Å². The number of likely N-dealkylation sites (N-methyl/N-ethyl adjacent to an activating group) is 1. The number of piperidine rings is 1. The molecule has 4 heterocycles. The number of likely N-dealkylation sites (tertiary alicyclic amines) is 2. The number of hydrogen-bond donors (Lipinski definition) is 0. The van der Waals surface area contributed by atoms with Crippen LogP contribution in [-0.4, -0.2) is 95.0 Å². The van der Waals surface area contributed by atoms with Crippen LogP contribution in [0.15, 0.2) is 6.33 Å². The molecule has 1 atom stereocenters. The molecule has 8 nitrogen and oxygen atoms in total. The molecule has 0 N–H and O–H groups in total. The molecule has 3 aliphatic rings. The zero-order chi connectivity index (χ0) is 18.9. The highest BCUT2D eigenvalue weighted by atomic mass is 16.5. The number of carbonyl (C=O) groups excluding carboxylic acids is 1. The monoisotopic (exact) mass is 376 g/mol. The van der Waals surface area contributed by atoms with Crippen LogP contribution in [0.5, 0.6) is 0 Å². The Morgan fingerprint density at radius 1 is 1.22 bits per heavy atom. The lowest BCUT2D eigenvalue weighted by atomic mass is 9.70. The second-order valence-corrected chi connectivity index (χ2v) is 8.36. The maximum Gasteiger partial charge on any atom is 0.320 e. The smallest absolute Gasteiger partial charge is 0.320 e. The van der Waals surface area contributed by atoms with Crippen LogP contribution in [0.4, 0.5) is 4.79 Å². The number of rotatable bonds is 3. The highest BCUT2D eigenvalue weighted by Gasteiger charge is 2.50. The summed E-state index contributed by atoms with van der Waals surface area (Å²) in [5.41, 5.74) is 0.203. The molecule has 27 heavy (non-hydrogen) atoms. The van der Waals surface area contributed by atoms with E-state index in [1.165, 1.54) is 0 Å². The van der Waals surface area contributed by atoms with E-state index in [0.29, 0.717) is 32.2 Å². The minimum absolute atomic E-state index is 0.185. The third-order valence-corrected chi connectivity index (χ3v) is 6.55. The van der Waals surface area contributed by atoms with Crippen LogP contribution in [0.3, 0.4) is 0 Å². The molecule has 3 fully saturated rings. The van der Waals surface area contributed by atoms with E-state index in [2.05, 4.69) is 33.6 Å². The van der Waals surface area contributed by atoms with E-state index in [4.69, 9.17) is 4.74 Å². The summed E-state index contributed by atoms with van der Waals surface area (Å²) in [5, 5.41) is 8.72. The van der Waals surface area contributed by atoms with Gasteiger partial charge in [0.25, 0.3) is 0 Å². The number of nitrogens with zero attached hydrogens (tertiary/aromatic N) is 6. The van der Waals surface area contributed by atoms with Crippen molar-refractivity contribution in [1.82, 2.24) is 29.5 Å². The summed E-state index contributed by atoms with van der Waals surface area (Å²) in [6.07, 6.45) is 5.04. The Hall–Kier alpha value is -1.67. The van der Waals surface area contributed by atoms with Crippen molar-refractivity contribution in [2.45, 2.75) is 38.6 Å². The van der Waals surface area contributed by atoms with Gasteiger partial charge in [0, 0.05) is 51.7 Å². The molecule has 1 unspecified atom stereocenters. The Bertz CT molecular complexity index is 648. The van der Waals surface area contributed by atoms with Gasteiger partial charge in [0.2, 0.25) is 0 Å². The van der Waals surface area contributed by atoms with Crippen molar-refractivity contribution >= 4 is 6.03 Å². The van der Waals surface area contributed by atoms with Crippen LogP contribution in [0.2, 0.25) is 0 Å². The van der Waals surface area contributed by atoms with Crippen LogP contribution >= 0.6 is 0 Å². The Morgan fingerprint density at radius 2 is 1.93 bits per heavy atom. The fourth-order valence-electron chi connectivity index (χ4n) is 5.12. The maximum atomic E-state index is 12.8. The first-order chi connectivity index (χ1) is 13.1. The molecule has 0 bridgehead atoms. The molecule has 1 aromatic rings. The minimum Gasteiger partial charge on any atom is -0.378 e. The first kappa shape index (κ1) is 18.7. The molecule has 1 aromatic heterocycles. The first-order valence-electron chi connectivity index (χ1n) is 10.3. The van der Waals surface area contributed by atoms with Crippen LogP contribution in [-0.2, 0) is 11.3 Å². The van der Waals surface area contributed by atoms with Crippen LogP contribution in [0.25, 0.3) is 0 Å². The molecule has 0 radical (unpaired) electrons. The van der Waals surface area contributed by atoms with E-state index in [-0.39, 0.29) is 11.4 Å². The summed E-state index contributed by atoms with van der Waals surface area (Å²) >= 11 is 0. The van der Waals surface area contributed by atoms with E-state index in [1.54, 1.807) is 0 Å². The highest BCUT2D eigenvalue weighted by Crippen LogP contribution is 2.49. The molecule has 1 spiro atoms. The number of ether oxygens (including phenoxy) is 1. The normalized spacial score (nSPS) is 26.1. The van der Waals surface area contributed by atoms with E-state index < -0.39 is 0 Å². The number of carbonyl (C=O) groups is 1. The predicted molar refractivity (Wildman–Crippen MR) is 102 cm³/mol. The van der Waals surface area contributed by atoms with Crippen molar-refractivity contribution in [3.05, 3.63) is 12.2 Å². The third-order valence-electron chi connectivity index (χ3n) is 6.55. The quantitative estimate of drug-likeness (QED) is 0.794. The highest BCUT2D eigenvalue weighted by molar-refractivity contribution is 5.74. The van der Waals surface area contributed by atoms with Gasteiger partial charge in [-0.2, -0.15) is 0 Å². The average molecular weight is 377 g/mol. The van der Waals surface area contributed by atoms with E-state index in [1.807, 2.05) is 16.1 Å². The summed E-state index contributed by atoms with van der Waals surface area (Å²) in [6, 6.07) is 0.185. The second-order valence-electron chi connectivity index (χ2n) is 8.36. The lowest BCUT2D eigenvalue weighted by Crippen LogP contribution is -2.52. The minimum atomic E-state index is 0.185. The lowest BCUT2D eigenvalue weighted by Gasteiger charge is -2.44. The second kappa shape index (κ2) is 7.75. The summed E-state index contributed by atoms with van der Waals surface area (Å²) in [7, 11) is 2.20. The number of aromatic nitrogens is 3. The standard InChI is InChI=1S/C19H32N6O2/c1-3-6-25-15-20-21-17(25)16-13-22(2)14-19(16)4-7-23(8-5-19)18(26)24-9-11-27-12-10-24/h15-16H,3-14H2,1-2H3. The zero-order valence-electron chi connectivity index (χ0n) is 16.6. The fourth-order valence-corrected chi connectivity index (χ4v) is 5.12. The van der Waals surface area contributed by atoms with Gasteiger partial charge in [-0.05, 0) is 31.7 Å². The number of hydrogen-bond acceptors (Lipinski definition) is 5. The van der Waals surface area contributed by atoms with Gasteiger partial charge in [-0.3, -0.25) is 0 Å². The largest absolute Gasteiger partial charge is 0.378 e. The van der Waals surface area contributed by atoms with Gasteiger partial charge in [0.15, 0.2) is 0 Å². The van der Waals surface area contributed by atoms with Crippen molar-refractivity contribution in [2.24, 2.45) is 5.41 Å². The summed E-state index contributed by atoms with van der Waals surface area (Å²) in [6.45, 7) is 9.68. The van der Waals surface area contributed by atoms with Crippen molar-refractivity contribution in [3.8, 4) is 0 Å². The lowest BCUT2D eigenvalue weighted by molar-refractivity contribution is 0.0339. The van der Waals surface area contributed by atoms with Gasteiger partial charge in [0.1, 0.15) is 12.2 Å². The Kier molecular flexibility index (Phi) is 5.36. The van der Waals surface area contributed by atoms with Crippen molar-refractivity contribution < 1.29 is 9.53 Å². The van der Waals surface area contributed by atoms with E-state index in [0.717, 1.165) is 57.8 Å². The van der Waals surface area contributed by atoms with Gasteiger partial charge in [-0.1, -0.05) is 6.92 Å². The zero-order valence-corrected chi connectivity index (χ0v) is 16.6. The SMILES string of the molecule is CCCn1cnnc1C1CN(C)CC12CCN(C(=O)N1CCOCC1)CC2. The molecular formula is C19H32N6O2. The molecular weight excluding hydrogens is 344 g/mol. The van der Waals surface area contributed by atoms with Gasteiger partial charge in [0.05, 0.1) is 13.2 Å². The Morgan fingerprint density at radius 3 is 2.63 bits per heavy atom. The Labute approximate surface area is 161 Å². The number of morpholine rings is 1. The summed E-state index contributed by atoms with van der Waals surface area (Å²) in [5.74, 6) is 1.53. The van der Waals surface area contributed by atoms with Gasteiger partial charge in [-0.25, -0.2) is 4.79 Å². The van der Waals surface area contributed by atoms with Crippen LogP contribution in [0.1, 0.15) is 37.9 Å². The molecule has 0 saturated carbocycles. The Balaban J connectivity index is 1.46. The average Bonchev–Trinajstić information content (AvgIpc) is 3.27. The fraction of sp³-hybridized carbons (Fsp3) is 0.842. The number of amides is 2. The van der Waals surface area contributed by atoms with Crippen LogP contribution < -0.4 is 0 Å². The molecule has 0 aliphatic carbocycles. The molecule has 0 aromatic carbocycles. The molecule has 3 saturated heterocycles. The first-order valence-corrected chi connectivity index (χ1v) is 10.3. The maximum absolute atomic E-state index is 12.8. The summed E-state index contributed by atoms with van der Waals surface area (Å²) in [4.78, 5) is 19.2. The van der Waals surface area contributed by atoms with Gasteiger partial charge in [-0.15, -0.1) is 10.2 Å². The topological polar surface area (TPSA) is 66.7 Å².